The van der Waals surface area contributed by atoms with Crippen LogP contribution in [0.4, 0.5) is 5.82 Å². The fraction of sp³-hybridized carbons (Fsp3) is 0.231. The monoisotopic (exact) mass is 226 g/mol. The number of hydrogen-bond acceptors (Lipinski definition) is 4. The Labute approximate surface area is 100 Å². The van der Waals surface area contributed by atoms with Crippen LogP contribution in [0.1, 0.15) is 11.1 Å². The fourth-order valence-electron chi connectivity index (χ4n) is 1.76. The van der Waals surface area contributed by atoms with Crippen LogP contribution < -0.4 is 11.1 Å². The molecular weight excluding hydrogens is 212 g/mol. The Kier molecular flexibility index (Phi) is 3.22. The molecule has 0 radical (unpaired) electrons. The van der Waals surface area contributed by atoms with Crippen molar-refractivity contribution in [3.63, 3.8) is 0 Å². The lowest BCUT2D eigenvalue weighted by molar-refractivity contribution is 1.01. The SMILES string of the molecule is Cc1cccc2cc(C#N)c(NCCN)nc12. The number of nitrogens with two attached hydrogens (primary N) is 1. The molecule has 0 aliphatic heterocycles. The number of para-hydroxylation sites is 1. The zero-order chi connectivity index (χ0) is 12.3. The van der Waals surface area contributed by atoms with Crippen molar-refractivity contribution in [2.24, 2.45) is 5.73 Å². The second kappa shape index (κ2) is 4.81. The average molecular weight is 226 g/mol. The first-order chi connectivity index (χ1) is 8.26. The van der Waals surface area contributed by atoms with E-state index >= 15 is 0 Å². The van der Waals surface area contributed by atoms with Crippen molar-refractivity contribution in [2.45, 2.75) is 6.92 Å². The van der Waals surface area contributed by atoms with Crippen LogP contribution in [0.5, 0.6) is 0 Å². The minimum Gasteiger partial charge on any atom is -0.368 e. The number of nitrogens with zero attached hydrogens (tertiary/aromatic N) is 2. The summed E-state index contributed by atoms with van der Waals surface area (Å²) in [5.41, 5.74) is 8.01. The van der Waals surface area contributed by atoms with Crippen LogP contribution in [-0.2, 0) is 0 Å². The molecule has 0 aliphatic carbocycles. The molecule has 0 aliphatic rings. The van der Waals surface area contributed by atoms with Gasteiger partial charge in [-0.15, -0.1) is 0 Å². The summed E-state index contributed by atoms with van der Waals surface area (Å²) in [5, 5.41) is 13.1. The minimum atomic E-state index is 0.512. The third-order valence-electron chi connectivity index (χ3n) is 2.60. The molecule has 0 spiro atoms. The van der Waals surface area contributed by atoms with E-state index in [0.29, 0.717) is 24.5 Å². The molecule has 4 nitrogen and oxygen atoms in total. The zero-order valence-electron chi connectivity index (χ0n) is 9.70. The molecule has 0 bridgehead atoms. The normalized spacial score (nSPS) is 10.2. The van der Waals surface area contributed by atoms with Gasteiger partial charge in [0, 0.05) is 18.5 Å². The van der Waals surface area contributed by atoms with E-state index in [4.69, 9.17) is 11.0 Å². The number of anilines is 1. The number of nitriles is 1. The van der Waals surface area contributed by atoms with Crippen molar-refractivity contribution < 1.29 is 0 Å². The Morgan fingerprint density at radius 3 is 3.00 bits per heavy atom. The zero-order valence-corrected chi connectivity index (χ0v) is 9.70. The van der Waals surface area contributed by atoms with E-state index in [2.05, 4.69) is 16.4 Å². The minimum absolute atomic E-state index is 0.512. The number of rotatable bonds is 3. The summed E-state index contributed by atoms with van der Waals surface area (Å²) in [5.74, 6) is 0.611. The maximum Gasteiger partial charge on any atom is 0.144 e. The molecule has 0 fully saturated rings. The van der Waals surface area contributed by atoms with E-state index in [1.54, 1.807) is 0 Å². The van der Waals surface area contributed by atoms with Gasteiger partial charge in [-0.2, -0.15) is 5.26 Å². The van der Waals surface area contributed by atoms with Gasteiger partial charge < -0.3 is 11.1 Å². The van der Waals surface area contributed by atoms with Crippen LogP contribution in [0.2, 0.25) is 0 Å². The summed E-state index contributed by atoms with van der Waals surface area (Å²) in [6.07, 6.45) is 0. The first-order valence-corrected chi connectivity index (χ1v) is 5.50. The predicted molar refractivity (Wildman–Crippen MR) is 68.7 cm³/mol. The van der Waals surface area contributed by atoms with E-state index in [9.17, 15) is 0 Å². The highest BCUT2D eigenvalue weighted by Gasteiger charge is 2.07. The topological polar surface area (TPSA) is 74.7 Å². The van der Waals surface area contributed by atoms with Gasteiger partial charge >= 0.3 is 0 Å². The molecule has 2 rings (SSSR count). The number of fused-ring (bicyclic) bond motifs is 1. The molecule has 1 aromatic carbocycles. The first kappa shape index (κ1) is 11.4. The van der Waals surface area contributed by atoms with Gasteiger partial charge in [0.1, 0.15) is 11.9 Å². The van der Waals surface area contributed by atoms with E-state index in [1.165, 1.54) is 0 Å². The summed E-state index contributed by atoms with van der Waals surface area (Å²) in [4.78, 5) is 4.49. The Hall–Kier alpha value is -2.12. The highest BCUT2D eigenvalue weighted by molar-refractivity contribution is 5.85. The van der Waals surface area contributed by atoms with E-state index in [1.807, 2.05) is 31.2 Å². The Morgan fingerprint density at radius 1 is 1.47 bits per heavy atom. The van der Waals surface area contributed by atoms with Crippen molar-refractivity contribution in [3.8, 4) is 6.07 Å². The largest absolute Gasteiger partial charge is 0.368 e. The van der Waals surface area contributed by atoms with Crippen LogP contribution in [0, 0.1) is 18.3 Å². The standard InChI is InChI=1S/C13H14N4/c1-9-3-2-4-10-7-11(8-15)13(16-6-5-14)17-12(9)10/h2-4,7H,5-6,14H2,1H3,(H,16,17). The predicted octanol–water partition coefficient (Wildman–Crippen LogP) is 1.79. The van der Waals surface area contributed by atoms with Gasteiger partial charge in [-0.05, 0) is 18.6 Å². The van der Waals surface area contributed by atoms with Crippen molar-refractivity contribution in [2.75, 3.05) is 18.4 Å². The summed E-state index contributed by atoms with van der Waals surface area (Å²) < 4.78 is 0. The molecule has 2 aromatic rings. The van der Waals surface area contributed by atoms with Crippen molar-refractivity contribution in [3.05, 3.63) is 35.4 Å². The van der Waals surface area contributed by atoms with Crippen LogP contribution in [0.15, 0.2) is 24.3 Å². The quantitative estimate of drug-likeness (QED) is 0.836. The number of aryl methyl sites for hydroxylation is 1. The van der Waals surface area contributed by atoms with Gasteiger partial charge in [0.15, 0.2) is 0 Å². The highest BCUT2D eigenvalue weighted by atomic mass is 15.0. The van der Waals surface area contributed by atoms with E-state index in [0.717, 1.165) is 16.5 Å². The third-order valence-corrected chi connectivity index (χ3v) is 2.60. The van der Waals surface area contributed by atoms with Crippen LogP contribution >= 0.6 is 0 Å². The maximum atomic E-state index is 9.09. The molecule has 0 unspecified atom stereocenters. The Bertz CT molecular complexity index is 584. The molecule has 1 heterocycles. The summed E-state index contributed by atoms with van der Waals surface area (Å²) in [6, 6.07) is 9.94. The van der Waals surface area contributed by atoms with Gasteiger partial charge in [0.2, 0.25) is 0 Å². The van der Waals surface area contributed by atoms with Crippen LogP contribution in [-0.4, -0.2) is 18.1 Å². The second-order valence-corrected chi connectivity index (χ2v) is 3.86. The molecule has 86 valence electrons. The molecule has 4 heteroatoms. The lowest BCUT2D eigenvalue weighted by Crippen LogP contribution is -2.14. The lowest BCUT2D eigenvalue weighted by Gasteiger charge is -2.08. The molecule has 0 amide bonds. The maximum absolute atomic E-state index is 9.09. The summed E-state index contributed by atoms with van der Waals surface area (Å²) >= 11 is 0. The number of pyridine rings is 1. The van der Waals surface area contributed by atoms with Crippen molar-refractivity contribution in [1.82, 2.24) is 4.98 Å². The number of benzene rings is 1. The summed E-state index contributed by atoms with van der Waals surface area (Å²) in [6.45, 7) is 3.13. The third kappa shape index (κ3) is 2.19. The Balaban J connectivity index is 2.58. The van der Waals surface area contributed by atoms with Gasteiger partial charge in [-0.25, -0.2) is 4.98 Å². The second-order valence-electron chi connectivity index (χ2n) is 3.86. The molecule has 0 atom stereocenters. The van der Waals surface area contributed by atoms with E-state index < -0.39 is 0 Å². The number of aromatic nitrogens is 1. The average Bonchev–Trinajstić information content (AvgIpc) is 2.36. The smallest absolute Gasteiger partial charge is 0.144 e. The fourth-order valence-corrected chi connectivity index (χ4v) is 1.76. The molecule has 1 aromatic heterocycles. The summed E-state index contributed by atoms with van der Waals surface area (Å²) in [7, 11) is 0. The van der Waals surface area contributed by atoms with Crippen LogP contribution in [0.25, 0.3) is 10.9 Å². The van der Waals surface area contributed by atoms with E-state index in [-0.39, 0.29) is 0 Å². The lowest BCUT2D eigenvalue weighted by atomic mass is 10.1. The van der Waals surface area contributed by atoms with Gasteiger partial charge in [-0.1, -0.05) is 18.2 Å². The number of nitrogens with one attached hydrogen (secondary N) is 1. The van der Waals surface area contributed by atoms with Crippen LogP contribution in [0.3, 0.4) is 0 Å². The molecule has 17 heavy (non-hydrogen) atoms. The Morgan fingerprint density at radius 2 is 2.29 bits per heavy atom. The van der Waals surface area contributed by atoms with Gasteiger partial charge in [0.25, 0.3) is 0 Å². The van der Waals surface area contributed by atoms with Gasteiger partial charge in [-0.3, -0.25) is 0 Å². The number of hydrogen-bond donors (Lipinski definition) is 2. The molecule has 0 saturated heterocycles. The first-order valence-electron chi connectivity index (χ1n) is 5.50. The van der Waals surface area contributed by atoms with Crippen molar-refractivity contribution in [1.29, 1.82) is 5.26 Å². The molecular formula is C13H14N4. The molecule has 0 saturated carbocycles. The molecule has 3 N–H and O–H groups in total. The highest BCUT2D eigenvalue weighted by Crippen LogP contribution is 2.22. The van der Waals surface area contributed by atoms with Gasteiger partial charge in [0.05, 0.1) is 11.1 Å². The van der Waals surface area contributed by atoms with Crippen molar-refractivity contribution >= 4 is 16.7 Å².